The summed E-state index contributed by atoms with van der Waals surface area (Å²) in [5.41, 5.74) is 4.03. The molecule has 0 saturated heterocycles. The Morgan fingerprint density at radius 2 is 1.67 bits per heavy atom. The van der Waals surface area contributed by atoms with Crippen molar-refractivity contribution in [3.63, 3.8) is 0 Å². The van der Waals surface area contributed by atoms with Crippen molar-refractivity contribution in [3.05, 3.63) is 106 Å². The maximum absolute atomic E-state index is 14.2. The van der Waals surface area contributed by atoms with Gasteiger partial charge in [-0.3, -0.25) is 9.42 Å². The Kier molecular flexibility index (Phi) is 9.08. The van der Waals surface area contributed by atoms with Crippen molar-refractivity contribution in [3.8, 4) is 17.7 Å². The molecular weight excluding hydrogens is 639 g/mol. The molecule has 0 bridgehead atoms. The van der Waals surface area contributed by atoms with Gasteiger partial charge >= 0.3 is 16.9 Å². The number of rotatable bonds is 9. The third-order valence-corrected chi connectivity index (χ3v) is 9.81. The number of esters is 1. The standard InChI is InChI=1S/C32H25FN2O9S2/c1-21-27(18-22-10-13-24(14-11-22)45(2,38)39)26-15-12-23(33)19-29(26)28(21)20-30(36)42-16-6-7-17-43-31-32(35(37)44-34-31)46(40,41)25-8-4-3-5-9-25/h3-5,8-15,18-19H,16-17,20H2,1-2H3/b27-18-. The number of hydrogen-bond acceptors (Lipinski definition) is 10. The van der Waals surface area contributed by atoms with Gasteiger partial charge in [0.15, 0.2) is 23.1 Å². The number of nitrogens with zero attached hydrogens (tertiary/aromatic N) is 2. The number of fused-ring (bicyclic) bond motifs is 1. The Morgan fingerprint density at radius 1 is 0.978 bits per heavy atom. The molecule has 4 aromatic rings. The Bertz CT molecular complexity index is 2160. The van der Waals surface area contributed by atoms with E-state index in [1.807, 2.05) is 6.08 Å². The maximum Gasteiger partial charge on any atom is 0.415 e. The molecule has 3 aromatic carbocycles. The first-order valence-corrected chi connectivity index (χ1v) is 16.9. The molecule has 14 heteroatoms. The Labute approximate surface area is 263 Å². The molecule has 11 nitrogen and oxygen atoms in total. The first kappa shape index (κ1) is 32.1. The third-order valence-electron chi connectivity index (χ3n) is 6.96. The van der Waals surface area contributed by atoms with Gasteiger partial charge < -0.3 is 14.7 Å². The van der Waals surface area contributed by atoms with Crippen LogP contribution in [0.3, 0.4) is 0 Å². The Balaban J connectivity index is 1.24. The predicted molar refractivity (Wildman–Crippen MR) is 163 cm³/mol. The lowest BCUT2D eigenvalue weighted by atomic mass is 10.0. The summed E-state index contributed by atoms with van der Waals surface area (Å²) >= 11 is 0. The minimum Gasteiger partial charge on any atom is -0.452 e. The van der Waals surface area contributed by atoms with E-state index in [2.05, 4.69) is 21.6 Å². The van der Waals surface area contributed by atoms with Gasteiger partial charge in [0.1, 0.15) is 5.82 Å². The van der Waals surface area contributed by atoms with Gasteiger partial charge in [-0.2, -0.15) is 0 Å². The van der Waals surface area contributed by atoms with Crippen LogP contribution in [0, 0.1) is 22.9 Å². The smallest absolute Gasteiger partial charge is 0.415 e. The van der Waals surface area contributed by atoms with E-state index in [1.54, 1.807) is 31.2 Å². The number of hydrogen-bond donors (Lipinski definition) is 0. The van der Waals surface area contributed by atoms with Crippen LogP contribution < -0.4 is 9.64 Å². The van der Waals surface area contributed by atoms with Crippen LogP contribution in [0.25, 0.3) is 17.2 Å². The summed E-state index contributed by atoms with van der Waals surface area (Å²) in [5, 5.41) is 14.5. The van der Waals surface area contributed by atoms with Crippen molar-refractivity contribution in [2.45, 2.75) is 28.2 Å². The Morgan fingerprint density at radius 3 is 2.37 bits per heavy atom. The van der Waals surface area contributed by atoms with Gasteiger partial charge in [-0.15, -0.1) is 0 Å². The van der Waals surface area contributed by atoms with Gasteiger partial charge in [0.05, 0.1) is 21.4 Å². The van der Waals surface area contributed by atoms with Gasteiger partial charge in [-0.05, 0) is 87.7 Å². The molecule has 0 fully saturated rings. The van der Waals surface area contributed by atoms with Crippen LogP contribution in [-0.4, -0.2) is 47.4 Å². The number of halogens is 1. The Hall–Kier alpha value is -5.26. The highest BCUT2D eigenvalue weighted by molar-refractivity contribution is 7.91. The second-order valence-electron chi connectivity index (χ2n) is 10.0. The molecular formula is C32H25FN2O9S2. The zero-order chi connectivity index (χ0) is 33.1. The summed E-state index contributed by atoms with van der Waals surface area (Å²) in [7, 11) is -7.64. The van der Waals surface area contributed by atoms with E-state index in [1.165, 1.54) is 48.5 Å². The zero-order valence-electron chi connectivity index (χ0n) is 24.4. The van der Waals surface area contributed by atoms with E-state index in [4.69, 9.17) is 9.47 Å². The fourth-order valence-electron chi connectivity index (χ4n) is 4.72. The van der Waals surface area contributed by atoms with Crippen molar-refractivity contribution < 1.29 is 45.0 Å². The van der Waals surface area contributed by atoms with Crippen LogP contribution >= 0.6 is 0 Å². The number of carbonyl (C=O) groups is 1. The highest BCUT2D eigenvalue weighted by Gasteiger charge is 2.35. The fourth-order valence-corrected chi connectivity index (χ4v) is 6.64. The van der Waals surface area contributed by atoms with Gasteiger partial charge in [0, 0.05) is 6.26 Å². The van der Waals surface area contributed by atoms with E-state index in [0.29, 0.717) is 16.7 Å². The first-order valence-electron chi connectivity index (χ1n) is 13.5. The molecule has 1 aliphatic rings. The average Bonchev–Trinajstić information content (AvgIpc) is 3.51. The van der Waals surface area contributed by atoms with Crippen molar-refractivity contribution in [2.24, 2.45) is 0 Å². The molecule has 0 radical (unpaired) electrons. The van der Waals surface area contributed by atoms with E-state index in [0.717, 1.165) is 23.0 Å². The third kappa shape index (κ3) is 6.85. The number of allylic oxidation sites excluding steroid dienone is 2. The largest absolute Gasteiger partial charge is 0.452 e. The molecule has 1 aliphatic carbocycles. The topological polar surface area (TPSA) is 157 Å². The molecule has 0 spiro atoms. The number of aromatic nitrogens is 2. The zero-order valence-corrected chi connectivity index (χ0v) is 26.0. The summed E-state index contributed by atoms with van der Waals surface area (Å²) in [5.74, 6) is 3.43. The lowest BCUT2D eigenvalue weighted by Crippen LogP contribution is -2.30. The molecule has 0 unspecified atom stereocenters. The molecule has 1 aromatic heterocycles. The summed E-state index contributed by atoms with van der Waals surface area (Å²) in [6.07, 6.45) is 2.79. The number of ether oxygens (including phenoxy) is 2. The van der Waals surface area contributed by atoms with Crippen LogP contribution in [0.5, 0.6) is 5.88 Å². The molecule has 0 N–H and O–H groups in total. The lowest BCUT2D eigenvalue weighted by molar-refractivity contribution is -0.832. The molecule has 0 amide bonds. The van der Waals surface area contributed by atoms with E-state index in [9.17, 15) is 31.2 Å². The number of carbonyl (C=O) groups excluding carboxylic acids is 1. The van der Waals surface area contributed by atoms with Gasteiger partial charge in [0.2, 0.25) is 0 Å². The maximum atomic E-state index is 14.2. The lowest BCUT2D eigenvalue weighted by Gasteiger charge is -2.06. The van der Waals surface area contributed by atoms with Crippen LogP contribution in [-0.2, 0) is 29.2 Å². The minimum atomic E-state index is -4.29. The van der Waals surface area contributed by atoms with Crippen LogP contribution in [0.2, 0.25) is 0 Å². The van der Waals surface area contributed by atoms with Gasteiger partial charge in [-0.1, -0.05) is 48.2 Å². The second kappa shape index (κ2) is 13.0. The molecule has 236 valence electrons. The summed E-state index contributed by atoms with van der Waals surface area (Å²) in [6.45, 7) is 1.09. The SMILES string of the molecule is CC1=C(CC(=O)OCC#CCOc2no[n+]([O-])c2S(=O)(=O)c2ccccc2)c2cc(F)ccc2/C1=C\c1ccc(S(C)(=O)=O)cc1. The van der Waals surface area contributed by atoms with E-state index >= 15 is 0 Å². The van der Waals surface area contributed by atoms with Gasteiger partial charge in [-0.25, -0.2) is 21.2 Å². The second-order valence-corrected chi connectivity index (χ2v) is 13.9. The molecule has 0 atom stereocenters. The fraction of sp³-hybridized carbons (Fsp3) is 0.156. The van der Waals surface area contributed by atoms with Crippen molar-refractivity contribution in [1.29, 1.82) is 0 Å². The van der Waals surface area contributed by atoms with Crippen molar-refractivity contribution in [2.75, 3.05) is 19.5 Å². The molecule has 5 rings (SSSR count). The van der Waals surface area contributed by atoms with E-state index in [-0.39, 0.29) is 27.7 Å². The van der Waals surface area contributed by atoms with Crippen molar-refractivity contribution >= 4 is 42.9 Å². The quantitative estimate of drug-likeness (QED) is 0.145. The van der Waals surface area contributed by atoms with E-state index < -0.39 is 49.0 Å². The molecule has 0 saturated carbocycles. The minimum absolute atomic E-state index is 0.158. The monoisotopic (exact) mass is 664 g/mol. The van der Waals surface area contributed by atoms with Crippen molar-refractivity contribution in [1.82, 2.24) is 5.16 Å². The predicted octanol–water partition coefficient (Wildman–Crippen LogP) is 4.03. The first-order chi connectivity index (χ1) is 21.9. The molecule has 46 heavy (non-hydrogen) atoms. The molecule has 0 aliphatic heterocycles. The normalized spacial score (nSPS) is 13.7. The highest BCUT2D eigenvalue weighted by atomic mass is 32.2. The summed E-state index contributed by atoms with van der Waals surface area (Å²) in [6, 6.07) is 17.8. The van der Waals surface area contributed by atoms with Crippen LogP contribution in [0.15, 0.2) is 97.8 Å². The summed E-state index contributed by atoms with van der Waals surface area (Å²) < 4.78 is 78.4. The summed E-state index contributed by atoms with van der Waals surface area (Å²) in [4.78, 5) is 12.5. The highest BCUT2D eigenvalue weighted by Crippen LogP contribution is 2.44. The van der Waals surface area contributed by atoms with Gasteiger partial charge in [0.25, 0.3) is 9.84 Å². The molecule has 1 heterocycles. The number of benzene rings is 3. The van der Waals surface area contributed by atoms with Crippen LogP contribution in [0.4, 0.5) is 4.39 Å². The van der Waals surface area contributed by atoms with Crippen LogP contribution in [0.1, 0.15) is 30.0 Å². The number of sulfone groups is 2. The average molecular weight is 665 g/mol.